The average Bonchev–Trinajstić information content (AvgIpc) is 2.46. The SMILES string of the molecule is N#CC(CC=Cc1ccccc1)c1ccccc1. The van der Waals surface area contributed by atoms with E-state index in [0.717, 1.165) is 12.0 Å². The monoisotopic (exact) mass is 233 g/mol. The zero-order valence-corrected chi connectivity index (χ0v) is 10.2. The lowest BCUT2D eigenvalue weighted by atomic mass is 9.97. The van der Waals surface area contributed by atoms with E-state index in [4.69, 9.17) is 0 Å². The van der Waals surface area contributed by atoms with Crippen LogP contribution in [-0.4, -0.2) is 0 Å². The number of allylic oxidation sites excluding steroid dienone is 1. The molecule has 2 rings (SSSR count). The Morgan fingerprint density at radius 2 is 1.56 bits per heavy atom. The van der Waals surface area contributed by atoms with E-state index in [1.54, 1.807) is 0 Å². The summed E-state index contributed by atoms with van der Waals surface area (Å²) >= 11 is 0. The third-order valence-corrected chi connectivity index (χ3v) is 2.84. The van der Waals surface area contributed by atoms with E-state index < -0.39 is 0 Å². The van der Waals surface area contributed by atoms with E-state index >= 15 is 0 Å². The van der Waals surface area contributed by atoms with Gasteiger partial charge in [0.05, 0.1) is 12.0 Å². The van der Waals surface area contributed by atoms with Crippen LogP contribution >= 0.6 is 0 Å². The molecule has 0 bridgehead atoms. The molecule has 0 aliphatic rings. The van der Waals surface area contributed by atoms with Gasteiger partial charge in [-0.25, -0.2) is 0 Å². The summed E-state index contributed by atoms with van der Waals surface area (Å²) in [5.41, 5.74) is 2.25. The van der Waals surface area contributed by atoms with Gasteiger partial charge < -0.3 is 0 Å². The number of rotatable bonds is 4. The van der Waals surface area contributed by atoms with Crippen LogP contribution in [0.25, 0.3) is 6.08 Å². The van der Waals surface area contributed by atoms with E-state index in [2.05, 4.69) is 30.4 Å². The maximum atomic E-state index is 9.19. The molecule has 0 N–H and O–H groups in total. The predicted octanol–water partition coefficient (Wildman–Crippen LogP) is 4.40. The number of hydrogen-bond acceptors (Lipinski definition) is 1. The standard InChI is InChI=1S/C17H15N/c18-14-17(16-11-5-2-6-12-16)13-7-10-15-8-3-1-4-9-15/h1-12,17H,13H2. The third kappa shape index (κ3) is 3.33. The molecule has 1 nitrogen and oxygen atoms in total. The van der Waals surface area contributed by atoms with Gasteiger partial charge in [0.15, 0.2) is 0 Å². The fourth-order valence-electron chi connectivity index (χ4n) is 1.85. The van der Waals surface area contributed by atoms with Crippen molar-refractivity contribution in [2.24, 2.45) is 0 Å². The number of nitriles is 1. The molecule has 2 aromatic rings. The van der Waals surface area contributed by atoms with Crippen LogP contribution in [0.4, 0.5) is 0 Å². The second-order valence-corrected chi connectivity index (χ2v) is 4.14. The van der Waals surface area contributed by atoms with Gasteiger partial charge in [0.25, 0.3) is 0 Å². The minimum atomic E-state index is -0.0637. The Kier molecular flexibility index (Phi) is 4.33. The number of nitrogens with zero attached hydrogens (tertiary/aromatic N) is 1. The summed E-state index contributed by atoms with van der Waals surface area (Å²) in [5.74, 6) is -0.0637. The minimum Gasteiger partial charge on any atom is -0.198 e. The molecule has 0 spiro atoms. The average molecular weight is 233 g/mol. The lowest BCUT2D eigenvalue weighted by Crippen LogP contribution is -1.93. The highest BCUT2D eigenvalue weighted by Crippen LogP contribution is 2.19. The maximum Gasteiger partial charge on any atom is 0.0747 e. The first kappa shape index (κ1) is 12.1. The van der Waals surface area contributed by atoms with Crippen molar-refractivity contribution < 1.29 is 0 Å². The lowest BCUT2D eigenvalue weighted by molar-refractivity contribution is 0.880. The second-order valence-electron chi connectivity index (χ2n) is 4.14. The number of hydrogen-bond donors (Lipinski definition) is 0. The van der Waals surface area contributed by atoms with Crippen molar-refractivity contribution in [2.45, 2.75) is 12.3 Å². The van der Waals surface area contributed by atoms with Gasteiger partial charge in [0, 0.05) is 0 Å². The second kappa shape index (κ2) is 6.42. The van der Waals surface area contributed by atoms with Crippen molar-refractivity contribution >= 4 is 6.08 Å². The van der Waals surface area contributed by atoms with E-state index in [1.807, 2.05) is 48.5 Å². The van der Waals surface area contributed by atoms with Gasteiger partial charge in [-0.2, -0.15) is 5.26 Å². The summed E-state index contributed by atoms with van der Waals surface area (Å²) in [5, 5.41) is 9.19. The normalized spacial score (nSPS) is 12.2. The largest absolute Gasteiger partial charge is 0.198 e. The molecule has 18 heavy (non-hydrogen) atoms. The third-order valence-electron chi connectivity index (χ3n) is 2.84. The van der Waals surface area contributed by atoms with Gasteiger partial charge in [0.1, 0.15) is 0 Å². The molecule has 0 radical (unpaired) electrons. The topological polar surface area (TPSA) is 23.8 Å². The molecule has 0 heterocycles. The van der Waals surface area contributed by atoms with Crippen molar-refractivity contribution in [1.29, 1.82) is 5.26 Å². The molecule has 88 valence electrons. The van der Waals surface area contributed by atoms with Crippen molar-refractivity contribution in [3.63, 3.8) is 0 Å². The molecule has 1 unspecified atom stereocenters. The molecule has 1 atom stereocenters. The molecular formula is C17H15N. The zero-order chi connectivity index (χ0) is 12.6. The Balaban J connectivity index is 2.01. The highest BCUT2D eigenvalue weighted by molar-refractivity contribution is 5.49. The molecule has 0 saturated carbocycles. The van der Waals surface area contributed by atoms with Crippen LogP contribution in [0.3, 0.4) is 0 Å². The van der Waals surface area contributed by atoms with E-state index in [9.17, 15) is 5.26 Å². The molecule has 2 aromatic carbocycles. The Hall–Kier alpha value is -2.33. The highest BCUT2D eigenvalue weighted by atomic mass is 14.3. The summed E-state index contributed by atoms with van der Waals surface area (Å²) in [6, 6.07) is 22.4. The van der Waals surface area contributed by atoms with E-state index in [0.29, 0.717) is 0 Å². The molecule has 0 aliphatic carbocycles. The van der Waals surface area contributed by atoms with Crippen molar-refractivity contribution in [1.82, 2.24) is 0 Å². The summed E-state index contributed by atoms with van der Waals surface area (Å²) in [6.07, 6.45) is 4.87. The molecule has 0 saturated heterocycles. The fourth-order valence-corrected chi connectivity index (χ4v) is 1.85. The summed E-state index contributed by atoms with van der Waals surface area (Å²) in [7, 11) is 0. The predicted molar refractivity (Wildman–Crippen MR) is 74.9 cm³/mol. The molecule has 0 amide bonds. The Labute approximate surface area is 108 Å². The Bertz CT molecular complexity index is 535. The maximum absolute atomic E-state index is 9.19. The molecule has 0 aromatic heterocycles. The van der Waals surface area contributed by atoms with Gasteiger partial charge in [-0.05, 0) is 17.5 Å². The van der Waals surface area contributed by atoms with Crippen LogP contribution in [0.1, 0.15) is 23.5 Å². The van der Waals surface area contributed by atoms with Crippen LogP contribution in [0.2, 0.25) is 0 Å². The smallest absolute Gasteiger partial charge is 0.0747 e. The molecule has 1 heteroatoms. The van der Waals surface area contributed by atoms with E-state index in [1.165, 1.54) is 5.56 Å². The zero-order valence-electron chi connectivity index (χ0n) is 10.2. The van der Waals surface area contributed by atoms with Crippen LogP contribution in [0.5, 0.6) is 0 Å². The summed E-state index contributed by atoms with van der Waals surface area (Å²) in [4.78, 5) is 0. The van der Waals surface area contributed by atoms with Gasteiger partial charge >= 0.3 is 0 Å². The van der Waals surface area contributed by atoms with Crippen molar-refractivity contribution in [3.8, 4) is 6.07 Å². The minimum absolute atomic E-state index is 0.0637. The first-order valence-corrected chi connectivity index (χ1v) is 6.06. The summed E-state index contributed by atoms with van der Waals surface area (Å²) in [6.45, 7) is 0. The molecule has 0 fully saturated rings. The van der Waals surface area contributed by atoms with E-state index in [-0.39, 0.29) is 5.92 Å². The lowest BCUT2D eigenvalue weighted by Gasteiger charge is -2.05. The van der Waals surface area contributed by atoms with Gasteiger partial charge in [-0.15, -0.1) is 0 Å². The van der Waals surface area contributed by atoms with Crippen LogP contribution < -0.4 is 0 Å². The molecular weight excluding hydrogens is 218 g/mol. The van der Waals surface area contributed by atoms with Gasteiger partial charge in [-0.1, -0.05) is 72.8 Å². The quantitative estimate of drug-likeness (QED) is 0.768. The Morgan fingerprint density at radius 1 is 0.944 bits per heavy atom. The number of benzene rings is 2. The first-order valence-electron chi connectivity index (χ1n) is 6.06. The fraction of sp³-hybridized carbons (Fsp3) is 0.118. The summed E-state index contributed by atoms with van der Waals surface area (Å²) < 4.78 is 0. The molecule has 0 aliphatic heterocycles. The van der Waals surface area contributed by atoms with Crippen LogP contribution in [0.15, 0.2) is 66.7 Å². The highest BCUT2D eigenvalue weighted by Gasteiger charge is 2.06. The Morgan fingerprint density at radius 3 is 2.17 bits per heavy atom. The van der Waals surface area contributed by atoms with Crippen molar-refractivity contribution in [2.75, 3.05) is 0 Å². The van der Waals surface area contributed by atoms with Crippen molar-refractivity contribution in [3.05, 3.63) is 77.9 Å². The van der Waals surface area contributed by atoms with Crippen LogP contribution in [-0.2, 0) is 0 Å². The van der Waals surface area contributed by atoms with Gasteiger partial charge in [-0.3, -0.25) is 0 Å². The van der Waals surface area contributed by atoms with Crippen LogP contribution in [0, 0.1) is 11.3 Å². The first-order chi connectivity index (χ1) is 8.90. The van der Waals surface area contributed by atoms with Gasteiger partial charge in [0.2, 0.25) is 0 Å².